The lowest BCUT2D eigenvalue weighted by atomic mass is 10.0. The lowest BCUT2D eigenvalue weighted by Crippen LogP contribution is -2.47. The summed E-state index contributed by atoms with van der Waals surface area (Å²) in [4.78, 5) is 30.4. The first kappa shape index (κ1) is 28.5. The molecule has 9 nitrogen and oxygen atoms in total. The topological polar surface area (TPSA) is 112 Å². The van der Waals surface area contributed by atoms with Crippen LogP contribution in [-0.4, -0.2) is 42.8 Å². The zero-order valence-corrected chi connectivity index (χ0v) is 23.8. The number of aryl methyl sites for hydroxylation is 2. The Morgan fingerprint density at radius 3 is 2.40 bits per heavy atom. The largest absolute Gasteiger partial charge is 0.485 e. The molecule has 1 aliphatic heterocycles. The van der Waals surface area contributed by atoms with Crippen LogP contribution in [0.15, 0.2) is 71.9 Å². The van der Waals surface area contributed by atoms with Crippen LogP contribution in [0.1, 0.15) is 22.8 Å². The fourth-order valence-electron chi connectivity index (χ4n) is 4.67. The maximum atomic E-state index is 14.0. The summed E-state index contributed by atoms with van der Waals surface area (Å²) in [5, 5.41) is 10.3. The average molecular weight is 604 g/mol. The zero-order chi connectivity index (χ0) is 30.3. The summed E-state index contributed by atoms with van der Waals surface area (Å²) >= 11 is 6.41. The van der Waals surface area contributed by atoms with E-state index in [9.17, 15) is 18.7 Å². The molecule has 1 aromatic carbocycles. The molecule has 4 aromatic heterocycles. The molecule has 43 heavy (non-hydrogen) atoms. The van der Waals surface area contributed by atoms with E-state index in [0.29, 0.717) is 34.7 Å². The number of halogens is 3. The molecular weight excluding hydrogens is 580 g/mol. The van der Waals surface area contributed by atoms with Gasteiger partial charge in [0.05, 0.1) is 36.5 Å². The van der Waals surface area contributed by atoms with Gasteiger partial charge in [-0.25, -0.2) is 18.7 Å². The normalized spacial score (nSPS) is 13.9. The summed E-state index contributed by atoms with van der Waals surface area (Å²) < 4.78 is 39.3. The second kappa shape index (κ2) is 11.3. The molecule has 1 saturated heterocycles. The van der Waals surface area contributed by atoms with Gasteiger partial charge >= 0.3 is 0 Å². The van der Waals surface area contributed by atoms with Crippen LogP contribution >= 0.6 is 11.6 Å². The van der Waals surface area contributed by atoms with Crippen LogP contribution in [0.25, 0.3) is 28.2 Å². The van der Waals surface area contributed by atoms with Gasteiger partial charge in [-0.3, -0.25) is 19.3 Å². The van der Waals surface area contributed by atoms with Gasteiger partial charge in [0.1, 0.15) is 28.9 Å². The summed E-state index contributed by atoms with van der Waals surface area (Å²) in [6.07, 6.45) is 4.16. The van der Waals surface area contributed by atoms with E-state index in [1.54, 1.807) is 37.5 Å². The van der Waals surface area contributed by atoms with E-state index in [1.165, 1.54) is 4.57 Å². The highest BCUT2D eigenvalue weighted by Gasteiger charge is 2.41. The molecule has 6 rings (SSSR count). The molecule has 0 bridgehead atoms. The first-order valence-corrected chi connectivity index (χ1v) is 13.6. The third kappa shape index (κ3) is 5.50. The van der Waals surface area contributed by atoms with Crippen LogP contribution in [-0.2, 0) is 16.9 Å². The summed E-state index contributed by atoms with van der Waals surface area (Å²) in [7, 11) is 0. The molecule has 0 atom stereocenters. The Labute approximate surface area is 249 Å². The van der Waals surface area contributed by atoms with E-state index < -0.39 is 22.8 Å². The third-order valence-corrected chi connectivity index (χ3v) is 7.44. The number of hydrogen-bond donors (Lipinski definition) is 1. The zero-order valence-electron chi connectivity index (χ0n) is 23.0. The predicted octanol–water partition coefficient (Wildman–Crippen LogP) is 5.10. The Bertz CT molecular complexity index is 1910. The maximum absolute atomic E-state index is 14.0. The Hall–Kier alpha value is -4.58. The van der Waals surface area contributed by atoms with Crippen molar-refractivity contribution >= 4 is 11.6 Å². The Morgan fingerprint density at radius 1 is 1.00 bits per heavy atom. The second-order valence-corrected chi connectivity index (χ2v) is 10.6. The number of pyridine rings is 3. The van der Waals surface area contributed by atoms with Crippen LogP contribution < -0.4 is 10.3 Å². The molecule has 0 aliphatic carbocycles. The van der Waals surface area contributed by atoms with Gasteiger partial charge in [0.25, 0.3) is 5.56 Å². The van der Waals surface area contributed by atoms with E-state index in [1.807, 2.05) is 31.2 Å². The van der Waals surface area contributed by atoms with Gasteiger partial charge in [0.15, 0.2) is 17.2 Å². The summed E-state index contributed by atoms with van der Waals surface area (Å²) in [5.41, 5.74) is 2.92. The van der Waals surface area contributed by atoms with Crippen molar-refractivity contribution in [2.75, 3.05) is 13.2 Å². The number of nitrogens with zero attached hydrogens (tertiary/aromatic N) is 5. The van der Waals surface area contributed by atoms with Crippen molar-refractivity contribution in [1.82, 2.24) is 24.5 Å². The molecular formula is C31H24ClF2N5O4. The van der Waals surface area contributed by atoms with Gasteiger partial charge in [-0.05, 0) is 31.5 Å². The van der Waals surface area contributed by atoms with Gasteiger partial charge < -0.3 is 14.6 Å². The van der Waals surface area contributed by atoms with E-state index in [0.717, 1.165) is 22.9 Å². The van der Waals surface area contributed by atoms with E-state index in [4.69, 9.17) is 21.1 Å². The minimum absolute atomic E-state index is 0.0540. The van der Waals surface area contributed by atoms with Crippen LogP contribution in [0.4, 0.5) is 8.78 Å². The fraction of sp³-hybridized carbons (Fsp3) is 0.194. The smallest absolute Gasteiger partial charge is 0.277 e. The van der Waals surface area contributed by atoms with Crippen molar-refractivity contribution in [3.8, 4) is 34.0 Å². The Kier molecular flexibility index (Phi) is 7.47. The van der Waals surface area contributed by atoms with Crippen molar-refractivity contribution in [2.24, 2.45) is 0 Å². The monoisotopic (exact) mass is 603 g/mol. The van der Waals surface area contributed by atoms with Crippen molar-refractivity contribution < 1.29 is 23.4 Å². The highest BCUT2D eigenvalue weighted by molar-refractivity contribution is 6.31. The Morgan fingerprint density at radius 2 is 1.72 bits per heavy atom. The lowest BCUT2D eigenvalue weighted by molar-refractivity contribution is -0.189. The number of hydrogen-bond acceptors (Lipinski definition) is 8. The van der Waals surface area contributed by atoms with Crippen molar-refractivity contribution in [3.63, 3.8) is 0 Å². The van der Waals surface area contributed by atoms with Crippen LogP contribution in [0.5, 0.6) is 5.75 Å². The first-order chi connectivity index (χ1) is 20.6. The summed E-state index contributed by atoms with van der Waals surface area (Å²) in [6.45, 7) is 3.53. The van der Waals surface area contributed by atoms with Gasteiger partial charge in [-0.1, -0.05) is 35.9 Å². The average Bonchev–Trinajstić information content (AvgIpc) is 2.99. The van der Waals surface area contributed by atoms with Crippen LogP contribution in [0.2, 0.25) is 5.02 Å². The molecule has 5 heterocycles. The third-order valence-electron chi connectivity index (χ3n) is 7.09. The van der Waals surface area contributed by atoms with Crippen molar-refractivity contribution in [2.45, 2.75) is 26.1 Å². The highest BCUT2D eigenvalue weighted by Crippen LogP contribution is 2.30. The molecule has 0 unspecified atom stereocenters. The maximum Gasteiger partial charge on any atom is 0.277 e. The van der Waals surface area contributed by atoms with Crippen molar-refractivity contribution in [1.29, 1.82) is 0 Å². The molecule has 5 aromatic rings. The number of rotatable bonds is 7. The molecule has 0 amide bonds. The highest BCUT2D eigenvalue weighted by atomic mass is 35.5. The van der Waals surface area contributed by atoms with E-state index in [-0.39, 0.29) is 36.3 Å². The molecule has 1 aliphatic rings. The minimum Gasteiger partial charge on any atom is -0.485 e. The number of ether oxygens (including phenoxy) is 2. The minimum atomic E-state index is -1.17. The van der Waals surface area contributed by atoms with Crippen molar-refractivity contribution in [3.05, 3.63) is 117 Å². The van der Waals surface area contributed by atoms with E-state index in [2.05, 4.69) is 19.9 Å². The van der Waals surface area contributed by atoms with Gasteiger partial charge in [-0.15, -0.1) is 0 Å². The molecule has 1 N–H and O–H groups in total. The summed E-state index contributed by atoms with van der Waals surface area (Å²) in [5.74, 6) is -1.29. The fourth-order valence-corrected chi connectivity index (χ4v) is 4.87. The first-order valence-electron chi connectivity index (χ1n) is 13.2. The molecule has 0 radical (unpaired) electrons. The lowest BCUT2D eigenvalue weighted by Gasteiger charge is -2.34. The SMILES string of the molecule is Cc1cnc(-c2ccc(-c3ccnc(C4(O)COC4)n3)cc2)cc1-n1c(C)cc(OCc2ncc(F)cc2F)c(Cl)c1=O. The quantitative estimate of drug-likeness (QED) is 0.274. The Balaban J connectivity index is 1.28. The number of benzene rings is 1. The van der Waals surface area contributed by atoms with Gasteiger partial charge in [0, 0.05) is 41.3 Å². The standard InChI is InChI=1S/C31H24ClF2N5O4/c1-17-12-36-24(20-5-3-19(4-6-20)23-7-8-35-30(38-23)31(41)15-42-16-31)11-26(17)39-18(2)9-27(28(32)29(39)40)43-14-25-22(34)10-21(33)13-37-25/h3-13,41H,14-16H2,1-2H3. The second-order valence-electron chi connectivity index (χ2n) is 10.2. The summed E-state index contributed by atoms with van der Waals surface area (Å²) in [6, 6.07) is 13.4. The number of aliphatic hydroxyl groups is 1. The van der Waals surface area contributed by atoms with Crippen LogP contribution in [0.3, 0.4) is 0 Å². The molecule has 12 heteroatoms. The molecule has 0 saturated carbocycles. The predicted molar refractivity (Wildman–Crippen MR) is 154 cm³/mol. The van der Waals surface area contributed by atoms with Gasteiger partial charge in [0.2, 0.25) is 0 Å². The molecule has 1 fully saturated rings. The van der Waals surface area contributed by atoms with E-state index >= 15 is 0 Å². The van der Waals surface area contributed by atoms with Crippen LogP contribution in [0, 0.1) is 25.5 Å². The van der Waals surface area contributed by atoms with Gasteiger partial charge in [-0.2, -0.15) is 0 Å². The number of aromatic nitrogens is 5. The molecule has 218 valence electrons. The molecule has 0 spiro atoms.